The molecule has 3 rings (SSSR count). The van der Waals surface area contributed by atoms with Gasteiger partial charge >= 0.3 is 6.03 Å². The molecule has 2 atom stereocenters. The summed E-state index contributed by atoms with van der Waals surface area (Å²) in [5, 5.41) is 2.89. The van der Waals surface area contributed by atoms with Gasteiger partial charge in [0.15, 0.2) is 0 Å². The van der Waals surface area contributed by atoms with Crippen molar-refractivity contribution in [2.24, 2.45) is 11.7 Å². The molecule has 2 fully saturated rings. The second-order valence-electron chi connectivity index (χ2n) is 6.76. The number of nitrogens with two attached hydrogens (primary N) is 1. The third-order valence-electron chi connectivity index (χ3n) is 5.16. The molecule has 0 radical (unpaired) electrons. The van der Waals surface area contributed by atoms with Gasteiger partial charge in [0.1, 0.15) is 5.82 Å². The SMILES string of the molecule is NCCN1C(=O)CC[C@H]2CN(C(=O)NCc3ccc(F)cc3)CC[C@H]21. The lowest BCUT2D eigenvalue weighted by Gasteiger charge is -2.47. The van der Waals surface area contributed by atoms with Crippen LogP contribution in [0.1, 0.15) is 24.8 Å². The standard InChI is InChI=1S/C18H25FN4O2/c19-15-4-1-13(2-5-15)11-21-18(25)22-9-7-16-14(12-22)3-6-17(24)23(16)10-8-20/h1-2,4-5,14,16H,3,6-12,20H2,(H,21,25)/t14-,16+/m0/s1. The average Bonchev–Trinajstić information content (AvgIpc) is 2.63. The summed E-state index contributed by atoms with van der Waals surface area (Å²) < 4.78 is 12.9. The second-order valence-corrected chi connectivity index (χ2v) is 6.76. The van der Waals surface area contributed by atoms with Crippen molar-refractivity contribution < 1.29 is 14.0 Å². The van der Waals surface area contributed by atoms with Gasteiger partial charge in [-0.05, 0) is 36.5 Å². The minimum Gasteiger partial charge on any atom is -0.338 e. The number of carbonyl (C=O) groups excluding carboxylic acids is 2. The lowest BCUT2D eigenvalue weighted by atomic mass is 9.83. The molecule has 3 amide bonds. The van der Waals surface area contributed by atoms with E-state index in [0.717, 1.165) is 18.4 Å². The lowest BCUT2D eigenvalue weighted by Crippen LogP contribution is -2.58. The van der Waals surface area contributed by atoms with E-state index in [1.54, 1.807) is 12.1 Å². The van der Waals surface area contributed by atoms with Gasteiger partial charge in [0.25, 0.3) is 0 Å². The van der Waals surface area contributed by atoms with Crippen LogP contribution in [0, 0.1) is 11.7 Å². The largest absolute Gasteiger partial charge is 0.338 e. The van der Waals surface area contributed by atoms with E-state index < -0.39 is 0 Å². The fourth-order valence-electron chi connectivity index (χ4n) is 3.86. The van der Waals surface area contributed by atoms with E-state index in [9.17, 15) is 14.0 Å². The van der Waals surface area contributed by atoms with Crippen molar-refractivity contribution in [3.63, 3.8) is 0 Å². The van der Waals surface area contributed by atoms with Gasteiger partial charge in [0, 0.05) is 45.2 Å². The predicted molar refractivity (Wildman–Crippen MR) is 92.1 cm³/mol. The van der Waals surface area contributed by atoms with E-state index in [0.29, 0.717) is 45.1 Å². The number of nitrogens with one attached hydrogen (secondary N) is 1. The first kappa shape index (κ1) is 17.7. The highest BCUT2D eigenvalue weighted by molar-refractivity contribution is 5.78. The second kappa shape index (κ2) is 7.82. The quantitative estimate of drug-likeness (QED) is 0.861. The van der Waals surface area contributed by atoms with Crippen LogP contribution in [0.3, 0.4) is 0 Å². The maximum absolute atomic E-state index is 12.9. The van der Waals surface area contributed by atoms with Crippen LogP contribution in [0.4, 0.5) is 9.18 Å². The Morgan fingerprint density at radius 2 is 2.04 bits per heavy atom. The molecule has 7 heteroatoms. The molecule has 0 spiro atoms. The van der Waals surface area contributed by atoms with E-state index in [-0.39, 0.29) is 23.8 Å². The summed E-state index contributed by atoms with van der Waals surface area (Å²) in [6, 6.07) is 6.20. The van der Waals surface area contributed by atoms with Gasteiger partial charge in [-0.15, -0.1) is 0 Å². The maximum Gasteiger partial charge on any atom is 0.317 e. The molecule has 2 aliphatic rings. The number of urea groups is 1. The molecule has 1 aromatic carbocycles. The van der Waals surface area contributed by atoms with Crippen LogP contribution in [-0.2, 0) is 11.3 Å². The van der Waals surface area contributed by atoms with Crippen molar-refractivity contribution >= 4 is 11.9 Å². The first-order valence-corrected chi connectivity index (χ1v) is 8.85. The highest BCUT2D eigenvalue weighted by Crippen LogP contribution is 2.31. The number of benzene rings is 1. The number of carbonyl (C=O) groups is 2. The van der Waals surface area contributed by atoms with Crippen molar-refractivity contribution in [1.29, 1.82) is 0 Å². The first-order valence-electron chi connectivity index (χ1n) is 8.85. The number of hydrogen-bond acceptors (Lipinski definition) is 3. The summed E-state index contributed by atoms with van der Waals surface area (Å²) in [7, 11) is 0. The zero-order valence-electron chi connectivity index (χ0n) is 14.3. The number of rotatable bonds is 4. The number of piperidine rings is 2. The van der Waals surface area contributed by atoms with E-state index >= 15 is 0 Å². The summed E-state index contributed by atoms with van der Waals surface area (Å²) in [5.41, 5.74) is 6.49. The molecule has 2 aliphatic heterocycles. The van der Waals surface area contributed by atoms with Gasteiger partial charge in [0.2, 0.25) is 5.91 Å². The van der Waals surface area contributed by atoms with E-state index in [1.807, 2.05) is 9.80 Å². The van der Waals surface area contributed by atoms with Gasteiger partial charge in [0.05, 0.1) is 0 Å². The fraction of sp³-hybridized carbons (Fsp3) is 0.556. The maximum atomic E-state index is 12.9. The molecule has 0 aromatic heterocycles. The molecule has 0 bridgehead atoms. The third kappa shape index (κ3) is 4.10. The number of hydrogen-bond donors (Lipinski definition) is 2. The molecule has 1 aromatic rings. The molecule has 3 N–H and O–H groups in total. The van der Waals surface area contributed by atoms with E-state index in [1.165, 1.54) is 12.1 Å². The van der Waals surface area contributed by atoms with Gasteiger partial charge in [-0.25, -0.2) is 9.18 Å². The van der Waals surface area contributed by atoms with Crippen LogP contribution >= 0.6 is 0 Å². The molecular weight excluding hydrogens is 323 g/mol. The molecule has 0 saturated carbocycles. The van der Waals surface area contributed by atoms with Crippen LogP contribution in [-0.4, -0.2) is 54.0 Å². The summed E-state index contributed by atoms with van der Waals surface area (Å²) in [6.45, 7) is 2.73. The van der Waals surface area contributed by atoms with Gasteiger partial charge < -0.3 is 20.9 Å². The Kier molecular flexibility index (Phi) is 5.53. The Hall–Kier alpha value is -2.15. The highest BCUT2D eigenvalue weighted by Gasteiger charge is 2.39. The number of amides is 3. The minimum absolute atomic E-state index is 0.106. The van der Waals surface area contributed by atoms with Crippen molar-refractivity contribution in [3.8, 4) is 0 Å². The Morgan fingerprint density at radius 1 is 1.28 bits per heavy atom. The van der Waals surface area contributed by atoms with Crippen molar-refractivity contribution in [3.05, 3.63) is 35.6 Å². The van der Waals surface area contributed by atoms with Crippen molar-refractivity contribution in [2.45, 2.75) is 31.8 Å². The molecule has 25 heavy (non-hydrogen) atoms. The predicted octanol–water partition coefficient (Wildman–Crippen LogP) is 1.31. The molecular formula is C18H25FN4O2. The molecule has 2 heterocycles. The zero-order valence-corrected chi connectivity index (χ0v) is 14.3. The van der Waals surface area contributed by atoms with Crippen LogP contribution < -0.4 is 11.1 Å². The summed E-state index contributed by atoms with van der Waals surface area (Å²) in [5.74, 6) is 0.210. The number of halogens is 1. The van der Waals surface area contributed by atoms with Crippen molar-refractivity contribution in [2.75, 3.05) is 26.2 Å². The first-order chi connectivity index (χ1) is 12.1. The van der Waals surface area contributed by atoms with Gasteiger partial charge in [-0.2, -0.15) is 0 Å². The fourth-order valence-corrected chi connectivity index (χ4v) is 3.86. The molecule has 136 valence electrons. The normalized spacial score (nSPS) is 23.4. The third-order valence-corrected chi connectivity index (χ3v) is 5.16. The number of nitrogens with zero attached hydrogens (tertiary/aromatic N) is 2. The number of likely N-dealkylation sites (tertiary alicyclic amines) is 2. The molecule has 2 saturated heterocycles. The monoisotopic (exact) mass is 348 g/mol. The average molecular weight is 348 g/mol. The molecule has 6 nitrogen and oxygen atoms in total. The van der Waals surface area contributed by atoms with Crippen LogP contribution in [0.15, 0.2) is 24.3 Å². The lowest BCUT2D eigenvalue weighted by molar-refractivity contribution is -0.140. The minimum atomic E-state index is -0.286. The smallest absolute Gasteiger partial charge is 0.317 e. The van der Waals surface area contributed by atoms with Gasteiger partial charge in [-0.3, -0.25) is 4.79 Å². The van der Waals surface area contributed by atoms with Gasteiger partial charge in [-0.1, -0.05) is 12.1 Å². The Bertz CT molecular complexity index is 622. The number of fused-ring (bicyclic) bond motifs is 1. The molecule has 0 unspecified atom stereocenters. The van der Waals surface area contributed by atoms with E-state index in [2.05, 4.69) is 5.32 Å². The summed E-state index contributed by atoms with van der Waals surface area (Å²) in [4.78, 5) is 28.2. The Labute approximate surface area is 147 Å². The van der Waals surface area contributed by atoms with E-state index in [4.69, 9.17) is 5.73 Å². The Balaban J connectivity index is 1.54. The van der Waals surface area contributed by atoms with Crippen LogP contribution in [0.5, 0.6) is 0 Å². The summed E-state index contributed by atoms with van der Waals surface area (Å²) in [6.07, 6.45) is 2.15. The Morgan fingerprint density at radius 3 is 2.76 bits per heavy atom. The van der Waals surface area contributed by atoms with Crippen LogP contribution in [0.25, 0.3) is 0 Å². The topological polar surface area (TPSA) is 78.7 Å². The van der Waals surface area contributed by atoms with Crippen LogP contribution in [0.2, 0.25) is 0 Å². The highest BCUT2D eigenvalue weighted by atomic mass is 19.1. The van der Waals surface area contributed by atoms with Crippen molar-refractivity contribution in [1.82, 2.24) is 15.1 Å². The molecule has 0 aliphatic carbocycles. The summed E-state index contributed by atoms with van der Waals surface area (Å²) >= 11 is 0. The zero-order chi connectivity index (χ0) is 17.8.